The lowest BCUT2D eigenvalue weighted by Gasteiger charge is -2.25. The summed E-state index contributed by atoms with van der Waals surface area (Å²) in [6, 6.07) is 1.50. The zero-order valence-electron chi connectivity index (χ0n) is 12.7. The molecule has 4 nitrogen and oxygen atoms in total. The van der Waals surface area contributed by atoms with Gasteiger partial charge in [0.1, 0.15) is 0 Å². The van der Waals surface area contributed by atoms with E-state index in [1.54, 1.807) is 11.3 Å². The molecule has 0 spiro atoms. The Morgan fingerprint density at radius 3 is 2.35 bits per heavy atom. The smallest absolute Gasteiger partial charge is 0.305 e. The molecule has 1 heterocycles. The molecule has 0 fully saturated rings. The molecular formula is C15H23NO3S. The SMILES string of the molecule is Cc1cc(C(=O)NC(CC(=O)O)CC(C)(C)C)c(C)s1. The number of aryl methyl sites for hydroxylation is 2. The molecule has 0 saturated carbocycles. The zero-order valence-corrected chi connectivity index (χ0v) is 13.6. The summed E-state index contributed by atoms with van der Waals surface area (Å²) in [5.41, 5.74) is 0.615. The number of thiophene rings is 1. The van der Waals surface area contributed by atoms with Crippen molar-refractivity contribution in [1.82, 2.24) is 5.32 Å². The van der Waals surface area contributed by atoms with E-state index in [1.165, 1.54) is 0 Å². The summed E-state index contributed by atoms with van der Waals surface area (Å²) in [4.78, 5) is 25.2. The minimum atomic E-state index is -0.891. The van der Waals surface area contributed by atoms with Gasteiger partial charge in [0.05, 0.1) is 12.0 Å². The van der Waals surface area contributed by atoms with Crippen molar-refractivity contribution < 1.29 is 14.7 Å². The van der Waals surface area contributed by atoms with Crippen LogP contribution in [0.2, 0.25) is 0 Å². The Kier molecular flexibility index (Phi) is 5.34. The molecular weight excluding hydrogens is 274 g/mol. The van der Waals surface area contributed by atoms with Gasteiger partial charge in [0.15, 0.2) is 0 Å². The monoisotopic (exact) mass is 297 g/mol. The van der Waals surface area contributed by atoms with Gasteiger partial charge in [-0.2, -0.15) is 0 Å². The molecule has 0 aromatic carbocycles. The van der Waals surface area contributed by atoms with E-state index in [0.717, 1.165) is 9.75 Å². The Hall–Kier alpha value is -1.36. The van der Waals surface area contributed by atoms with Crippen molar-refractivity contribution in [3.8, 4) is 0 Å². The van der Waals surface area contributed by atoms with Gasteiger partial charge in [-0.15, -0.1) is 11.3 Å². The minimum Gasteiger partial charge on any atom is -0.481 e. The second kappa shape index (κ2) is 6.39. The quantitative estimate of drug-likeness (QED) is 0.875. The van der Waals surface area contributed by atoms with E-state index in [2.05, 4.69) is 5.32 Å². The lowest BCUT2D eigenvalue weighted by atomic mass is 9.87. The van der Waals surface area contributed by atoms with Crippen LogP contribution in [0.15, 0.2) is 6.07 Å². The molecule has 1 aromatic heterocycles. The van der Waals surface area contributed by atoms with Gasteiger partial charge in [0.25, 0.3) is 5.91 Å². The first-order valence-electron chi connectivity index (χ1n) is 6.68. The van der Waals surface area contributed by atoms with Crippen molar-refractivity contribution >= 4 is 23.2 Å². The number of carboxylic acids is 1. The van der Waals surface area contributed by atoms with E-state index in [9.17, 15) is 9.59 Å². The van der Waals surface area contributed by atoms with Crippen LogP contribution >= 0.6 is 11.3 Å². The molecule has 1 amide bonds. The van der Waals surface area contributed by atoms with Gasteiger partial charge in [-0.05, 0) is 31.7 Å². The van der Waals surface area contributed by atoms with Crippen LogP contribution < -0.4 is 5.32 Å². The highest BCUT2D eigenvalue weighted by molar-refractivity contribution is 7.12. The number of rotatable bonds is 5. The standard InChI is InChI=1S/C15H23NO3S/c1-9-6-12(10(2)20-9)14(19)16-11(7-13(17)18)8-15(3,4)5/h6,11H,7-8H2,1-5H3,(H,16,19)(H,17,18). The number of carbonyl (C=O) groups excluding carboxylic acids is 1. The lowest BCUT2D eigenvalue weighted by molar-refractivity contribution is -0.137. The van der Waals surface area contributed by atoms with Crippen LogP contribution in [0.1, 0.15) is 53.7 Å². The summed E-state index contributed by atoms with van der Waals surface area (Å²) in [5, 5.41) is 11.8. The summed E-state index contributed by atoms with van der Waals surface area (Å²) < 4.78 is 0. The number of amides is 1. The summed E-state index contributed by atoms with van der Waals surface area (Å²) in [6.07, 6.45) is 0.582. The molecule has 1 atom stereocenters. The van der Waals surface area contributed by atoms with E-state index >= 15 is 0 Å². The number of nitrogens with one attached hydrogen (secondary N) is 1. The Bertz CT molecular complexity index is 500. The first-order valence-corrected chi connectivity index (χ1v) is 7.50. The van der Waals surface area contributed by atoms with E-state index in [-0.39, 0.29) is 23.8 Å². The molecule has 5 heteroatoms. The molecule has 0 saturated heterocycles. The maximum atomic E-state index is 12.3. The fourth-order valence-corrected chi connectivity index (χ4v) is 3.16. The van der Waals surface area contributed by atoms with E-state index in [4.69, 9.17) is 5.11 Å². The number of hydrogen-bond donors (Lipinski definition) is 2. The Balaban J connectivity index is 2.81. The van der Waals surface area contributed by atoms with Gasteiger partial charge < -0.3 is 10.4 Å². The average molecular weight is 297 g/mol. The highest BCUT2D eigenvalue weighted by atomic mass is 32.1. The summed E-state index contributed by atoms with van der Waals surface area (Å²) >= 11 is 1.57. The van der Waals surface area contributed by atoms with Gasteiger partial charge in [0.2, 0.25) is 0 Å². The van der Waals surface area contributed by atoms with E-state index in [1.807, 2.05) is 40.7 Å². The van der Waals surface area contributed by atoms with Crippen molar-refractivity contribution in [2.75, 3.05) is 0 Å². The number of carboxylic acid groups (broad SMARTS) is 1. The normalized spacial score (nSPS) is 13.1. The Morgan fingerprint density at radius 2 is 1.95 bits per heavy atom. The molecule has 2 N–H and O–H groups in total. The van der Waals surface area contributed by atoms with Gasteiger partial charge in [-0.1, -0.05) is 20.8 Å². The molecule has 0 bridgehead atoms. The largest absolute Gasteiger partial charge is 0.481 e. The number of hydrogen-bond acceptors (Lipinski definition) is 3. The van der Waals surface area contributed by atoms with Crippen LogP contribution in [-0.2, 0) is 4.79 Å². The van der Waals surface area contributed by atoms with Crippen LogP contribution in [0.5, 0.6) is 0 Å². The topological polar surface area (TPSA) is 66.4 Å². The van der Waals surface area contributed by atoms with Crippen molar-refractivity contribution in [3.05, 3.63) is 21.4 Å². The molecule has 1 rings (SSSR count). The van der Waals surface area contributed by atoms with Gasteiger partial charge in [-0.3, -0.25) is 9.59 Å². The van der Waals surface area contributed by atoms with E-state index < -0.39 is 5.97 Å². The van der Waals surface area contributed by atoms with Gasteiger partial charge in [-0.25, -0.2) is 0 Å². The molecule has 112 valence electrons. The summed E-state index contributed by atoms with van der Waals surface area (Å²) in [6.45, 7) is 9.97. The highest BCUT2D eigenvalue weighted by Crippen LogP contribution is 2.24. The molecule has 0 aliphatic carbocycles. The zero-order chi connectivity index (χ0) is 15.5. The van der Waals surface area contributed by atoms with Crippen LogP contribution in [0.3, 0.4) is 0 Å². The third kappa shape index (κ3) is 5.33. The Labute approximate surface area is 124 Å². The van der Waals surface area contributed by atoms with Crippen molar-refractivity contribution in [1.29, 1.82) is 0 Å². The third-order valence-corrected chi connectivity index (χ3v) is 3.87. The summed E-state index contributed by atoms with van der Waals surface area (Å²) in [7, 11) is 0. The Morgan fingerprint density at radius 1 is 1.35 bits per heavy atom. The highest BCUT2D eigenvalue weighted by Gasteiger charge is 2.24. The second-order valence-electron chi connectivity index (χ2n) is 6.36. The molecule has 1 unspecified atom stereocenters. The minimum absolute atomic E-state index is 0.0347. The van der Waals surface area contributed by atoms with Crippen molar-refractivity contribution in [2.45, 2.75) is 53.5 Å². The van der Waals surface area contributed by atoms with Crippen LogP contribution in [0.4, 0.5) is 0 Å². The molecule has 20 heavy (non-hydrogen) atoms. The van der Waals surface area contributed by atoms with Crippen LogP contribution in [0.25, 0.3) is 0 Å². The molecule has 0 aliphatic rings. The maximum absolute atomic E-state index is 12.3. The molecule has 0 aliphatic heterocycles. The first kappa shape index (κ1) is 16.7. The van der Waals surface area contributed by atoms with Gasteiger partial charge in [0, 0.05) is 15.8 Å². The number of carbonyl (C=O) groups is 2. The lowest BCUT2D eigenvalue weighted by Crippen LogP contribution is -2.39. The second-order valence-corrected chi connectivity index (χ2v) is 7.82. The van der Waals surface area contributed by atoms with Crippen molar-refractivity contribution in [3.63, 3.8) is 0 Å². The number of aliphatic carboxylic acids is 1. The fraction of sp³-hybridized carbons (Fsp3) is 0.600. The fourth-order valence-electron chi connectivity index (χ4n) is 2.24. The predicted molar refractivity (Wildman–Crippen MR) is 81.4 cm³/mol. The third-order valence-electron chi connectivity index (χ3n) is 2.90. The first-order chi connectivity index (χ1) is 9.08. The van der Waals surface area contributed by atoms with Crippen LogP contribution in [0, 0.1) is 19.3 Å². The van der Waals surface area contributed by atoms with E-state index in [0.29, 0.717) is 12.0 Å². The predicted octanol–water partition coefficient (Wildman–Crippen LogP) is 3.37. The summed E-state index contributed by atoms with van der Waals surface area (Å²) in [5.74, 6) is -1.07. The van der Waals surface area contributed by atoms with Crippen molar-refractivity contribution in [2.24, 2.45) is 5.41 Å². The van der Waals surface area contributed by atoms with Gasteiger partial charge >= 0.3 is 5.97 Å². The van der Waals surface area contributed by atoms with Crippen LogP contribution in [-0.4, -0.2) is 23.0 Å². The average Bonchev–Trinajstić information content (AvgIpc) is 2.53. The molecule has 0 radical (unpaired) electrons. The maximum Gasteiger partial charge on any atom is 0.305 e. The molecule has 1 aromatic rings.